The molecule has 1 aliphatic rings. The van der Waals surface area contributed by atoms with Crippen molar-refractivity contribution in [3.63, 3.8) is 0 Å². The Morgan fingerprint density at radius 3 is 2.56 bits per heavy atom. The number of fused-ring (bicyclic) bond motifs is 1. The molecule has 1 unspecified atom stereocenters. The van der Waals surface area contributed by atoms with Gasteiger partial charge in [0.1, 0.15) is 5.75 Å². The largest absolute Gasteiger partial charge is 0.476 e. The number of amides is 1. The molecule has 1 atom stereocenters. The highest BCUT2D eigenvalue weighted by atomic mass is 127. The topological polar surface area (TPSA) is 75.7 Å². The van der Waals surface area contributed by atoms with Gasteiger partial charge < -0.3 is 10.1 Å². The fraction of sp³-hybridized carbons (Fsp3) is 0.235. The molecular formula is C17H17IN2O4S. The standard InChI is InChI=1S/C17H17IN2O4S/c1-11-3-8-15-14(9-11)20(25(2,22)23)10-16(24-15)17(21)19-13-6-4-12(18)5-7-13/h3-9,16H,10H2,1-2H3,(H,19,21). The van der Waals surface area contributed by atoms with Crippen LogP contribution in [0.25, 0.3) is 0 Å². The van der Waals surface area contributed by atoms with E-state index in [0.29, 0.717) is 17.1 Å². The average molecular weight is 472 g/mol. The van der Waals surface area contributed by atoms with Crippen LogP contribution in [0.2, 0.25) is 0 Å². The fourth-order valence-electron chi connectivity index (χ4n) is 2.57. The summed E-state index contributed by atoms with van der Waals surface area (Å²) in [6.07, 6.45) is 0.197. The van der Waals surface area contributed by atoms with Crippen LogP contribution in [-0.4, -0.2) is 33.2 Å². The number of rotatable bonds is 3. The average Bonchev–Trinajstić information content (AvgIpc) is 2.55. The van der Waals surface area contributed by atoms with Gasteiger partial charge in [0.25, 0.3) is 5.91 Å². The van der Waals surface area contributed by atoms with Crippen LogP contribution < -0.4 is 14.4 Å². The van der Waals surface area contributed by atoms with Crippen molar-refractivity contribution in [2.45, 2.75) is 13.0 Å². The summed E-state index contributed by atoms with van der Waals surface area (Å²) in [5, 5.41) is 2.76. The summed E-state index contributed by atoms with van der Waals surface area (Å²) in [7, 11) is -3.53. The lowest BCUT2D eigenvalue weighted by molar-refractivity contribution is -0.122. The number of sulfonamides is 1. The molecule has 1 amide bonds. The molecule has 1 aliphatic heterocycles. The van der Waals surface area contributed by atoms with Gasteiger partial charge in [0, 0.05) is 9.26 Å². The minimum Gasteiger partial charge on any atom is -0.476 e. The highest BCUT2D eigenvalue weighted by Crippen LogP contribution is 2.35. The predicted molar refractivity (Wildman–Crippen MR) is 106 cm³/mol. The van der Waals surface area contributed by atoms with Crippen molar-refractivity contribution in [1.82, 2.24) is 0 Å². The molecule has 2 aromatic carbocycles. The molecule has 0 fully saturated rings. The number of ether oxygens (including phenoxy) is 1. The summed E-state index contributed by atoms with van der Waals surface area (Å²) in [6.45, 7) is 1.81. The number of nitrogens with zero attached hydrogens (tertiary/aromatic N) is 1. The van der Waals surface area contributed by atoms with Gasteiger partial charge in [-0.2, -0.15) is 0 Å². The van der Waals surface area contributed by atoms with E-state index in [-0.39, 0.29) is 12.5 Å². The molecule has 0 saturated carbocycles. The van der Waals surface area contributed by atoms with Gasteiger partial charge in [0.2, 0.25) is 10.0 Å². The molecule has 2 aromatic rings. The van der Waals surface area contributed by atoms with Crippen LogP contribution in [0.15, 0.2) is 42.5 Å². The van der Waals surface area contributed by atoms with Gasteiger partial charge in [-0.1, -0.05) is 6.07 Å². The number of benzene rings is 2. The van der Waals surface area contributed by atoms with Crippen molar-refractivity contribution in [2.75, 3.05) is 22.4 Å². The number of carbonyl (C=O) groups is 1. The molecule has 25 heavy (non-hydrogen) atoms. The molecule has 1 N–H and O–H groups in total. The van der Waals surface area contributed by atoms with Crippen molar-refractivity contribution >= 4 is 49.9 Å². The molecule has 132 valence electrons. The monoisotopic (exact) mass is 472 g/mol. The molecule has 3 rings (SSSR count). The first-order valence-electron chi connectivity index (χ1n) is 7.55. The zero-order valence-electron chi connectivity index (χ0n) is 13.7. The van der Waals surface area contributed by atoms with Gasteiger partial charge in [-0.05, 0) is 71.5 Å². The lowest BCUT2D eigenvalue weighted by Gasteiger charge is -2.34. The second kappa shape index (κ2) is 6.83. The molecule has 0 saturated heterocycles. The SMILES string of the molecule is Cc1ccc2c(c1)N(S(C)(=O)=O)CC(C(=O)Nc1ccc(I)cc1)O2. The summed E-state index contributed by atoms with van der Waals surface area (Å²) in [5.74, 6) is -0.00822. The van der Waals surface area contributed by atoms with Crippen LogP contribution in [0.1, 0.15) is 5.56 Å². The second-order valence-corrected chi connectivity index (χ2v) is 9.02. The Kier molecular flexibility index (Phi) is 4.92. The third kappa shape index (κ3) is 4.06. The number of anilines is 2. The van der Waals surface area contributed by atoms with E-state index in [1.54, 1.807) is 24.3 Å². The van der Waals surface area contributed by atoms with Gasteiger partial charge >= 0.3 is 0 Å². The summed E-state index contributed by atoms with van der Waals surface area (Å²) in [6, 6.07) is 12.6. The van der Waals surface area contributed by atoms with Gasteiger partial charge in [-0.25, -0.2) is 8.42 Å². The molecule has 1 heterocycles. The summed E-state index contributed by atoms with van der Waals surface area (Å²) < 4.78 is 32.3. The number of nitrogens with one attached hydrogen (secondary N) is 1. The van der Waals surface area contributed by atoms with Gasteiger partial charge in [0.15, 0.2) is 6.10 Å². The van der Waals surface area contributed by atoms with Gasteiger partial charge in [-0.3, -0.25) is 9.10 Å². The highest BCUT2D eigenvalue weighted by molar-refractivity contribution is 14.1. The quantitative estimate of drug-likeness (QED) is 0.698. The Hall–Kier alpha value is -1.81. The molecule has 0 bridgehead atoms. The molecule has 8 heteroatoms. The maximum atomic E-state index is 12.5. The minimum absolute atomic E-state index is 0.0640. The van der Waals surface area contributed by atoms with Crippen molar-refractivity contribution in [1.29, 1.82) is 0 Å². The predicted octanol–water partition coefficient (Wildman–Crippen LogP) is 2.77. The third-order valence-corrected chi connectivity index (χ3v) is 5.65. The smallest absolute Gasteiger partial charge is 0.267 e. The Morgan fingerprint density at radius 2 is 1.92 bits per heavy atom. The summed E-state index contributed by atoms with van der Waals surface area (Å²) in [5.41, 5.74) is 2.01. The number of hydrogen-bond acceptors (Lipinski definition) is 4. The van der Waals surface area contributed by atoms with Crippen LogP contribution in [0.5, 0.6) is 5.75 Å². The van der Waals surface area contributed by atoms with Crippen LogP contribution in [0.4, 0.5) is 11.4 Å². The van der Waals surface area contributed by atoms with Crippen molar-refractivity contribution in [3.05, 3.63) is 51.6 Å². The van der Waals surface area contributed by atoms with E-state index in [1.165, 1.54) is 4.31 Å². The van der Waals surface area contributed by atoms with E-state index >= 15 is 0 Å². The second-order valence-electron chi connectivity index (χ2n) is 5.87. The highest BCUT2D eigenvalue weighted by Gasteiger charge is 2.35. The molecule has 0 spiro atoms. The number of aryl methyl sites for hydroxylation is 1. The van der Waals surface area contributed by atoms with E-state index in [2.05, 4.69) is 27.9 Å². The first-order chi connectivity index (χ1) is 11.7. The third-order valence-electron chi connectivity index (χ3n) is 3.79. The van der Waals surface area contributed by atoms with Crippen LogP contribution in [0, 0.1) is 10.5 Å². The fourth-order valence-corrected chi connectivity index (χ4v) is 3.83. The summed E-state index contributed by atoms with van der Waals surface area (Å²) >= 11 is 2.18. The summed E-state index contributed by atoms with van der Waals surface area (Å²) in [4.78, 5) is 12.5. The molecule has 0 aromatic heterocycles. The van der Waals surface area contributed by atoms with E-state index in [0.717, 1.165) is 15.4 Å². The van der Waals surface area contributed by atoms with E-state index in [1.807, 2.05) is 25.1 Å². The Labute approximate surface area is 160 Å². The first-order valence-corrected chi connectivity index (χ1v) is 10.5. The number of halogens is 1. The van der Waals surface area contributed by atoms with Gasteiger partial charge in [0.05, 0.1) is 18.5 Å². The van der Waals surface area contributed by atoms with Crippen molar-refractivity contribution in [2.24, 2.45) is 0 Å². The van der Waals surface area contributed by atoms with E-state index in [4.69, 9.17) is 4.74 Å². The maximum Gasteiger partial charge on any atom is 0.267 e. The first kappa shape index (κ1) is 18.0. The van der Waals surface area contributed by atoms with E-state index in [9.17, 15) is 13.2 Å². The molecule has 0 aliphatic carbocycles. The Morgan fingerprint density at radius 1 is 1.24 bits per heavy atom. The van der Waals surface area contributed by atoms with E-state index < -0.39 is 16.1 Å². The van der Waals surface area contributed by atoms with Crippen LogP contribution >= 0.6 is 22.6 Å². The van der Waals surface area contributed by atoms with Crippen molar-refractivity contribution < 1.29 is 17.9 Å². The maximum absolute atomic E-state index is 12.5. The lowest BCUT2D eigenvalue weighted by Crippen LogP contribution is -2.48. The molecule has 6 nitrogen and oxygen atoms in total. The van der Waals surface area contributed by atoms with Crippen molar-refractivity contribution in [3.8, 4) is 5.75 Å². The van der Waals surface area contributed by atoms with Crippen LogP contribution in [-0.2, 0) is 14.8 Å². The number of hydrogen-bond donors (Lipinski definition) is 1. The zero-order valence-corrected chi connectivity index (χ0v) is 16.7. The Bertz CT molecular complexity index is 913. The Balaban J connectivity index is 1.87. The lowest BCUT2D eigenvalue weighted by atomic mass is 10.1. The molecular weight excluding hydrogens is 455 g/mol. The minimum atomic E-state index is -3.53. The number of carbonyl (C=O) groups excluding carboxylic acids is 1. The molecule has 0 radical (unpaired) electrons. The van der Waals surface area contributed by atoms with Crippen LogP contribution in [0.3, 0.4) is 0 Å². The normalized spacial score (nSPS) is 16.8. The van der Waals surface area contributed by atoms with Gasteiger partial charge in [-0.15, -0.1) is 0 Å². The zero-order chi connectivity index (χ0) is 18.2.